The van der Waals surface area contributed by atoms with Gasteiger partial charge in [0.2, 0.25) is 5.91 Å². The molecule has 0 saturated carbocycles. The van der Waals surface area contributed by atoms with E-state index in [4.69, 9.17) is 9.47 Å². The number of anilines is 1. The maximum absolute atomic E-state index is 12.3. The molecule has 0 aliphatic carbocycles. The molecule has 0 unspecified atom stereocenters. The number of ether oxygens (including phenoxy) is 2. The maximum atomic E-state index is 12.3. The summed E-state index contributed by atoms with van der Waals surface area (Å²) in [6, 6.07) is 9.78. The predicted octanol–water partition coefficient (Wildman–Crippen LogP) is 4.65. The summed E-state index contributed by atoms with van der Waals surface area (Å²) in [7, 11) is 3.20. The van der Waals surface area contributed by atoms with Gasteiger partial charge in [0, 0.05) is 16.6 Å². The number of carbonyl (C=O) groups is 1. The molecular weight excluding hydrogens is 370 g/mol. The van der Waals surface area contributed by atoms with Crippen LogP contribution in [0, 0.1) is 13.8 Å². The van der Waals surface area contributed by atoms with Crippen molar-refractivity contribution in [1.29, 1.82) is 0 Å². The minimum absolute atomic E-state index is 0.00890. The Labute approximate surface area is 151 Å². The van der Waals surface area contributed by atoms with Gasteiger partial charge in [0.1, 0.15) is 0 Å². The second kappa shape index (κ2) is 8.20. The van der Waals surface area contributed by atoms with Gasteiger partial charge in [-0.3, -0.25) is 4.79 Å². The van der Waals surface area contributed by atoms with Crippen molar-refractivity contribution >= 4 is 27.5 Å². The number of hydrogen-bond acceptors (Lipinski definition) is 3. The zero-order valence-electron chi connectivity index (χ0n) is 14.4. The van der Waals surface area contributed by atoms with Gasteiger partial charge in [-0.1, -0.05) is 28.1 Å². The third kappa shape index (κ3) is 4.51. The smallest absolute Gasteiger partial charge is 0.224 e. The van der Waals surface area contributed by atoms with Crippen LogP contribution in [0.15, 0.2) is 34.8 Å². The Morgan fingerprint density at radius 3 is 2.42 bits per heavy atom. The Balaban J connectivity index is 2.05. The molecule has 1 amide bonds. The van der Waals surface area contributed by atoms with Crippen LogP contribution < -0.4 is 14.8 Å². The molecular formula is C19H22BrNO3. The van der Waals surface area contributed by atoms with E-state index in [0.717, 1.165) is 26.9 Å². The van der Waals surface area contributed by atoms with E-state index < -0.39 is 0 Å². The van der Waals surface area contributed by atoms with Crippen molar-refractivity contribution in [2.45, 2.75) is 26.7 Å². The Morgan fingerprint density at radius 2 is 1.75 bits per heavy atom. The van der Waals surface area contributed by atoms with Crippen LogP contribution >= 0.6 is 15.9 Å². The lowest BCUT2D eigenvalue weighted by atomic mass is 10.1. The summed E-state index contributed by atoms with van der Waals surface area (Å²) in [5, 5.41) is 2.98. The summed E-state index contributed by atoms with van der Waals surface area (Å²) in [5.74, 6) is 1.31. The normalized spacial score (nSPS) is 10.4. The summed E-state index contributed by atoms with van der Waals surface area (Å²) in [6.45, 7) is 4.00. The van der Waals surface area contributed by atoms with Crippen molar-refractivity contribution in [3.8, 4) is 11.5 Å². The van der Waals surface area contributed by atoms with Gasteiger partial charge in [0.25, 0.3) is 0 Å². The van der Waals surface area contributed by atoms with Crippen LogP contribution in [0.4, 0.5) is 5.69 Å². The van der Waals surface area contributed by atoms with E-state index in [1.165, 1.54) is 0 Å². The Bertz CT molecular complexity index is 744. The molecule has 0 bridgehead atoms. The number of aryl methyl sites for hydroxylation is 3. The van der Waals surface area contributed by atoms with Crippen molar-refractivity contribution in [1.82, 2.24) is 0 Å². The predicted molar refractivity (Wildman–Crippen MR) is 100 cm³/mol. The lowest BCUT2D eigenvalue weighted by Crippen LogP contribution is -2.13. The van der Waals surface area contributed by atoms with Gasteiger partial charge < -0.3 is 14.8 Å². The van der Waals surface area contributed by atoms with Crippen LogP contribution in [0.5, 0.6) is 11.5 Å². The molecule has 0 aliphatic heterocycles. The molecule has 128 valence electrons. The second-order valence-electron chi connectivity index (χ2n) is 5.67. The molecule has 0 aromatic heterocycles. The molecule has 0 radical (unpaired) electrons. The highest BCUT2D eigenvalue weighted by atomic mass is 79.9. The van der Waals surface area contributed by atoms with Crippen LogP contribution in [-0.2, 0) is 11.2 Å². The Hall–Kier alpha value is -2.01. The molecule has 1 N–H and O–H groups in total. The van der Waals surface area contributed by atoms with Gasteiger partial charge in [0.05, 0.1) is 14.2 Å². The maximum Gasteiger partial charge on any atom is 0.224 e. The topological polar surface area (TPSA) is 47.6 Å². The summed E-state index contributed by atoms with van der Waals surface area (Å²) >= 11 is 3.52. The molecule has 4 nitrogen and oxygen atoms in total. The molecule has 24 heavy (non-hydrogen) atoms. The molecule has 5 heteroatoms. The van der Waals surface area contributed by atoms with E-state index in [1.807, 2.05) is 44.2 Å². The average Bonchev–Trinajstić information content (AvgIpc) is 2.56. The summed E-state index contributed by atoms with van der Waals surface area (Å²) in [4.78, 5) is 12.3. The van der Waals surface area contributed by atoms with Gasteiger partial charge >= 0.3 is 0 Å². The third-order valence-corrected chi connectivity index (χ3v) is 4.58. The number of rotatable bonds is 6. The monoisotopic (exact) mass is 391 g/mol. The third-order valence-electron chi connectivity index (χ3n) is 3.84. The number of halogens is 1. The summed E-state index contributed by atoms with van der Waals surface area (Å²) in [6.07, 6.45) is 0.999. The minimum atomic E-state index is -0.00890. The van der Waals surface area contributed by atoms with Gasteiger partial charge in [0.15, 0.2) is 11.5 Å². The average molecular weight is 392 g/mol. The molecule has 0 atom stereocenters. The SMILES string of the molecule is COc1cc(Br)c(CCC(=O)Nc2cc(C)ccc2C)cc1OC. The number of benzene rings is 2. The van der Waals surface area contributed by atoms with Crippen LogP contribution in [0.3, 0.4) is 0 Å². The molecule has 0 spiro atoms. The zero-order valence-corrected chi connectivity index (χ0v) is 16.0. The molecule has 2 rings (SSSR count). The van der Waals surface area contributed by atoms with E-state index in [-0.39, 0.29) is 5.91 Å². The van der Waals surface area contributed by atoms with Crippen molar-refractivity contribution < 1.29 is 14.3 Å². The summed E-state index contributed by atoms with van der Waals surface area (Å²) < 4.78 is 11.5. The van der Waals surface area contributed by atoms with E-state index in [0.29, 0.717) is 24.3 Å². The lowest BCUT2D eigenvalue weighted by molar-refractivity contribution is -0.116. The minimum Gasteiger partial charge on any atom is -0.493 e. The first-order valence-electron chi connectivity index (χ1n) is 7.72. The molecule has 0 fully saturated rings. The highest BCUT2D eigenvalue weighted by Crippen LogP contribution is 2.33. The van der Waals surface area contributed by atoms with Crippen molar-refractivity contribution in [2.24, 2.45) is 0 Å². The molecule has 0 aliphatic rings. The first-order chi connectivity index (χ1) is 11.4. The Morgan fingerprint density at radius 1 is 1.08 bits per heavy atom. The Kier molecular flexibility index (Phi) is 6.26. The van der Waals surface area contributed by atoms with Crippen LogP contribution in [0.2, 0.25) is 0 Å². The zero-order chi connectivity index (χ0) is 17.7. The number of amides is 1. The molecule has 2 aromatic carbocycles. The quantitative estimate of drug-likeness (QED) is 0.778. The molecule has 0 saturated heterocycles. The fourth-order valence-corrected chi connectivity index (χ4v) is 2.94. The standard InChI is InChI=1S/C19H22BrNO3/c1-12-5-6-13(2)16(9-12)21-19(22)8-7-14-10-17(23-3)18(24-4)11-15(14)20/h5-6,9-11H,7-8H2,1-4H3,(H,21,22). The summed E-state index contributed by atoms with van der Waals surface area (Å²) in [5.41, 5.74) is 4.05. The van der Waals surface area contributed by atoms with Crippen molar-refractivity contribution in [2.75, 3.05) is 19.5 Å². The van der Waals surface area contributed by atoms with Crippen LogP contribution in [-0.4, -0.2) is 20.1 Å². The molecule has 0 heterocycles. The highest BCUT2D eigenvalue weighted by Gasteiger charge is 2.12. The fraction of sp³-hybridized carbons (Fsp3) is 0.316. The lowest BCUT2D eigenvalue weighted by Gasteiger charge is -2.12. The highest BCUT2D eigenvalue weighted by molar-refractivity contribution is 9.10. The number of hydrogen-bond donors (Lipinski definition) is 1. The fourth-order valence-electron chi connectivity index (χ4n) is 2.42. The number of methoxy groups -OCH3 is 2. The van der Waals surface area contributed by atoms with E-state index in [1.54, 1.807) is 14.2 Å². The van der Waals surface area contributed by atoms with Gasteiger partial charge in [-0.15, -0.1) is 0 Å². The van der Waals surface area contributed by atoms with Crippen molar-refractivity contribution in [3.05, 3.63) is 51.5 Å². The van der Waals surface area contributed by atoms with E-state index in [2.05, 4.69) is 21.2 Å². The number of carbonyl (C=O) groups excluding carboxylic acids is 1. The van der Waals surface area contributed by atoms with Crippen LogP contribution in [0.25, 0.3) is 0 Å². The van der Waals surface area contributed by atoms with Crippen molar-refractivity contribution in [3.63, 3.8) is 0 Å². The van der Waals surface area contributed by atoms with Crippen LogP contribution in [0.1, 0.15) is 23.1 Å². The second-order valence-corrected chi connectivity index (χ2v) is 6.52. The first kappa shape index (κ1) is 18.3. The van der Waals surface area contributed by atoms with Gasteiger partial charge in [-0.2, -0.15) is 0 Å². The van der Waals surface area contributed by atoms with Gasteiger partial charge in [-0.25, -0.2) is 0 Å². The first-order valence-corrected chi connectivity index (χ1v) is 8.51. The largest absolute Gasteiger partial charge is 0.493 e. The van der Waals surface area contributed by atoms with E-state index in [9.17, 15) is 4.79 Å². The van der Waals surface area contributed by atoms with E-state index >= 15 is 0 Å². The number of nitrogens with one attached hydrogen (secondary N) is 1. The van der Waals surface area contributed by atoms with Gasteiger partial charge in [-0.05, 0) is 55.2 Å². The molecule has 2 aromatic rings.